The molecule has 0 saturated heterocycles. The van der Waals surface area contributed by atoms with Gasteiger partial charge in [0.15, 0.2) is 53.7 Å². The molecule has 0 spiro atoms. The first-order chi connectivity index (χ1) is 41.6. The number of rotatable bonds is 11. The van der Waals surface area contributed by atoms with E-state index in [1.54, 1.807) is 43.8 Å². The number of carbonyl (C=O) groups excluding carboxylic acids is 1. The highest BCUT2D eigenvalue weighted by Crippen LogP contribution is 2.41. The average molecular weight is 1330 g/mol. The summed E-state index contributed by atoms with van der Waals surface area (Å²) in [6, 6.07) is 16.3. The molecule has 86 heavy (non-hydrogen) atoms. The molecule has 12 rings (SSSR count). The average Bonchev–Trinajstić information content (AvgIpc) is 3.30. The number of hydrogen-bond donors (Lipinski definition) is 5. The molecule has 0 aliphatic heterocycles. The van der Waals surface area contributed by atoms with Crippen LogP contribution in [0.1, 0.15) is 13.3 Å². The Labute approximate surface area is 522 Å². The molecule has 0 aliphatic rings. The van der Waals surface area contributed by atoms with Gasteiger partial charge in [0, 0.05) is 54.9 Å². The van der Waals surface area contributed by atoms with Gasteiger partial charge in [-0.1, -0.05) is 65.1 Å². The SMILES string of the molecule is CCC(=O)Nc1cc(N=Nc2snc3ncccc23)ccc1O.CSc1ncc2c(N=Nc3ccc(O)c(F)n3)snc2n1.Oc1cc(Cl)c(N=Nc2snc3ncncc23)cc1Cl.[C-]#[N+]c1cncc2c(N=Nc3cc(Cl)c(O)cc3Cl)snc12. The molecular formula is C50H30Cl4FN21O5S5. The molecule has 3 aromatic carbocycles. The number of pyridine rings is 3. The molecule has 9 heterocycles. The smallest absolute Gasteiger partial charge is 0.257 e. The maximum atomic E-state index is 13.1. The maximum Gasteiger partial charge on any atom is 0.257 e. The van der Waals surface area contributed by atoms with Crippen LogP contribution in [0.15, 0.2) is 150 Å². The van der Waals surface area contributed by atoms with Gasteiger partial charge in [0.25, 0.3) is 5.95 Å². The highest BCUT2D eigenvalue weighted by molar-refractivity contribution is 7.98. The fourth-order valence-electron chi connectivity index (χ4n) is 6.47. The van der Waals surface area contributed by atoms with Gasteiger partial charge in [0.2, 0.25) is 11.6 Å². The van der Waals surface area contributed by atoms with Crippen LogP contribution in [0.4, 0.5) is 58.6 Å². The van der Waals surface area contributed by atoms with Crippen molar-refractivity contribution in [2.24, 2.45) is 40.9 Å². The van der Waals surface area contributed by atoms with Gasteiger partial charge >= 0.3 is 0 Å². The third-order valence-electron chi connectivity index (χ3n) is 10.6. The number of phenolic OH excluding ortho intramolecular Hbond substituents is 3. The number of nitrogens with one attached hydrogen (secondary N) is 1. The summed E-state index contributed by atoms with van der Waals surface area (Å²) in [7, 11) is 0. The third kappa shape index (κ3) is 15.2. The van der Waals surface area contributed by atoms with Gasteiger partial charge < -0.3 is 25.7 Å². The van der Waals surface area contributed by atoms with Crippen molar-refractivity contribution in [3.8, 4) is 23.0 Å². The summed E-state index contributed by atoms with van der Waals surface area (Å²) in [5, 5.41) is 79.0. The van der Waals surface area contributed by atoms with Gasteiger partial charge in [0.05, 0.1) is 59.7 Å². The van der Waals surface area contributed by atoms with Crippen LogP contribution in [-0.2, 0) is 4.79 Å². The van der Waals surface area contributed by atoms with Crippen LogP contribution in [0.25, 0.3) is 48.8 Å². The number of aromatic hydroxyl groups is 4. The Kier molecular flexibility index (Phi) is 20.4. The summed E-state index contributed by atoms with van der Waals surface area (Å²) in [6.07, 6.45) is 11.6. The number of benzene rings is 3. The Bertz CT molecular complexity index is 4660. The van der Waals surface area contributed by atoms with Crippen LogP contribution < -0.4 is 5.32 Å². The number of anilines is 1. The van der Waals surface area contributed by atoms with E-state index in [0.717, 1.165) is 46.1 Å². The van der Waals surface area contributed by atoms with Crippen molar-refractivity contribution < 1.29 is 29.6 Å². The van der Waals surface area contributed by atoms with E-state index in [4.69, 9.17) is 58.1 Å². The van der Waals surface area contributed by atoms with Gasteiger partial charge in [-0.25, -0.2) is 34.1 Å². The van der Waals surface area contributed by atoms with E-state index >= 15 is 0 Å². The number of phenols is 3. The van der Waals surface area contributed by atoms with E-state index in [0.29, 0.717) is 98.6 Å². The first kappa shape index (κ1) is 61.4. The quantitative estimate of drug-likeness (QED) is 0.0200. The summed E-state index contributed by atoms with van der Waals surface area (Å²) in [5.41, 5.74) is 4.14. The zero-order valence-corrected chi connectivity index (χ0v) is 50.2. The Morgan fingerprint density at radius 1 is 0.616 bits per heavy atom. The summed E-state index contributed by atoms with van der Waals surface area (Å²) >= 11 is 29.5. The number of hydrogen-bond acceptors (Lipinski definition) is 29. The third-order valence-corrected chi connectivity index (χ3v) is 15.4. The first-order valence-corrected chi connectivity index (χ1v) is 29.5. The molecule has 1 amide bonds. The number of halogens is 5. The van der Waals surface area contributed by atoms with Crippen LogP contribution in [0.3, 0.4) is 0 Å². The minimum Gasteiger partial charge on any atom is -0.506 e. The van der Waals surface area contributed by atoms with Crippen molar-refractivity contribution in [1.29, 1.82) is 0 Å². The van der Waals surface area contributed by atoms with Crippen molar-refractivity contribution >= 4 is 208 Å². The van der Waals surface area contributed by atoms with Gasteiger partial charge in [-0.3, -0.25) is 9.78 Å². The van der Waals surface area contributed by atoms with Crippen LogP contribution in [0.5, 0.6) is 23.0 Å². The molecule has 9 aromatic heterocycles. The lowest BCUT2D eigenvalue weighted by Crippen LogP contribution is -2.09. The number of aromatic nitrogens is 11. The molecule has 0 radical (unpaired) electrons. The largest absolute Gasteiger partial charge is 0.506 e. The van der Waals surface area contributed by atoms with Gasteiger partial charge in [-0.05, 0) is 107 Å². The number of amides is 1. The fraction of sp³-hybridized carbons (Fsp3) is 0.0600. The first-order valence-electron chi connectivity index (χ1n) is 23.6. The van der Waals surface area contributed by atoms with Gasteiger partial charge in [-0.2, -0.15) is 22.5 Å². The molecule has 0 atom stereocenters. The molecule has 0 unspecified atom stereocenters. The lowest BCUT2D eigenvalue weighted by Gasteiger charge is -2.06. The lowest BCUT2D eigenvalue weighted by atomic mass is 10.2. The summed E-state index contributed by atoms with van der Waals surface area (Å²) in [6.45, 7) is 8.82. The molecule has 12 aromatic rings. The Hall–Kier alpha value is -9.17. The molecule has 5 N–H and O–H groups in total. The van der Waals surface area contributed by atoms with E-state index in [1.165, 1.54) is 72.2 Å². The van der Waals surface area contributed by atoms with E-state index in [-0.39, 0.29) is 49.1 Å². The Balaban J connectivity index is 0.000000137. The van der Waals surface area contributed by atoms with Crippen LogP contribution in [-0.4, -0.2) is 85.0 Å². The maximum absolute atomic E-state index is 13.1. The minimum atomic E-state index is -0.992. The standard InChI is InChI=1S/C15H13N5O2S.C13H5Cl2N5OS.C11H5Cl2N5OS.C11H7FN6OS2/c1-2-13(22)17-11-8-9(5-6-12(11)21)18-19-15-10-4-3-7-16-14(10)20-23-15;1-16-10-5-17-4-6-12(10)20-22-13(6)19-18-9-2-8(15)11(21)3-7(9)14;12-6-2-9(19)7(13)1-8(6)16-17-11-5-3-14-4-15-10(5)18-20-11;1-20-11-13-4-5-9(15-11)18-21-10(5)17-16-7-3-2-6(19)8(12)14-7/h3-8,21H,2H2,1H3,(H,17,22);2-5,21H;1-4,19H;2-4,19H,1H3. The van der Waals surface area contributed by atoms with E-state index < -0.39 is 11.7 Å². The van der Waals surface area contributed by atoms with Crippen LogP contribution in [0.2, 0.25) is 20.1 Å². The summed E-state index contributed by atoms with van der Waals surface area (Å²) < 4.78 is 29.8. The van der Waals surface area contributed by atoms with E-state index in [2.05, 4.69) is 103 Å². The number of carbonyl (C=O) groups is 1. The van der Waals surface area contributed by atoms with Gasteiger partial charge in [0.1, 0.15) is 35.0 Å². The molecule has 0 bridgehead atoms. The van der Waals surface area contributed by atoms with Crippen LogP contribution >= 0.6 is 104 Å². The molecule has 0 aliphatic carbocycles. The van der Waals surface area contributed by atoms with E-state index in [1.807, 2.05) is 18.4 Å². The molecule has 0 fully saturated rings. The number of fused-ring (bicyclic) bond motifs is 4. The number of nitrogens with zero attached hydrogens (tertiary/aromatic N) is 20. The van der Waals surface area contributed by atoms with Crippen LogP contribution in [0, 0.1) is 12.5 Å². The Morgan fingerprint density at radius 2 is 1.21 bits per heavy atom. The van der Waals surface area contributed by atoms with Crippen molar-refractivity contribution in [1.82, 2.24) is 52.4 Å². The molecule has 430 valence electrons. The summed E-state index contributed by atoms with van der Waals surface area (Å²) in [4.78, 5) is 42.7. The molecular weight excluding hydrogens is 1300 g/mol. The second kappa shape index (κ2) is 28.6. The van der Waals surface area contributed by atoms with Crippen molar-refractivity contribution in [2.75, 3.05) is 11.6 Å². The topological polar surface area (TPSA) is 355 Å². The zero-order chi connectivity index (χ0) is 60.9. The molecule has 26 nitrogen and oxygen atoms in total. The monoisotopic (exact) mass is 1320 g/mol. The number of azo groups is 4. The molecule has 36 heteroatoms. The second-order valence-corrected chi connectivity index (χ2v) is 21.6. The predicted molar refractivity (Wildman–Crippen MR) is 329 cm³/mol. The second-order valence-electron chi connectivity index (χ2n) is 16.2. The summed E-state index contributed by atoms with van der Waals surface area (Å²) in [5.74, 6) is -1.91. The Morgan fingerprint density at radius 3 is 1.87 bits per heavy atom. The van der Waals surface area contributed by atoms with Crippen molar-refractivity contribution in [3.05, 3.63) is 141 Å². The van der Waals surface area contributed by atoms with E-state index in [9.17, 15) is 24.5 Å². The van der Waals surface area contributed by atoms with Crippen molar-refractivity contribution in [3.63, 3.8) is 0 Å². The predicted octanol–water partition coefficient (Wildman–Crippen LogP) is 17.8. The normalized spacial score (nSPS) is 11.3. The van der Waals surface area contributed by atoms with Crippen molar-refractivity contribution in [2.45, 2.75) is 18.5 Å². The van der Waals surface area contributed by atoms with Gasteiger partial charge in [-0.15, -0.1) is 40.9 Å². The number of thioether (sulfide) groups is 1. The zero-order valence-electron chi connectivity index (χ0n) is 43.1. The highest BCUT2D eigenvalue weighted by Gasteiger charge is 2.14. The highest BCUT2D eigenvalue weighted by atomic mass is 35.5. The minimum absolute atomic E-state index is 0.0156. The fourth-order valence-corrected chi connectivity index (χ4v) is 10.1. The lowest BCUT2D eigenvalue weighted by molar-refractivity contribution is -0.115. The molecule has 0 saturated carbocycles.